The molecule has 11 nitrogen and oxygen atoms in total. The molecule has 1 amide bonds. The van der Waals surface area contributed by atoms with Crippen LogP contribution in [0.1, 0.15) is 60.1 Å². The molecule has 0 atom stereocenters. The normalized spacial score (nSPS) is 19.0. The summed E-state index contributed by atoms with van der Waals surface area (Å²) >= 11 is 2.86. The van der Waals surface area contributed by atoms with Crippen LogP contribution in [-0.4, -0.2) is 94.3 Å². The number of benzene rings is 1. The Bertz CT molecular complexity index is 1620. The quantitative estimate of drug-likeness (QED) is 0.205. The molecule has 4 aromatic rings. The van der Waals surface area contributed by atoms with Gasteiger partial charge in [0.05, 0.1) is 34.6 Å². The molecule has 13 heteroatoms. The summed E-state index contributed by atoms with van der Waals surface area (Å²) in [6, 6.07) is 13.5. The minimum Gasteiger partial charge on any atom is -0.479 e. The van der Waals surface area contributed by atoms with Crippen molar-refractivity contribution < 1.29 is 28.9 Å². The number of carbonyl (C=O) groups is 2. The third kappa shape index (κ3) is 6.61. The first-order chi connectivity index (χ1) is 22.8. The molecule has 3 aromatic heterocycles. The molecule has 1 aliphatic carbocycles. The van der Waals surface area contributed by atoms with Crippen molar-refractivity contribution in [2.24, 2.45) is 5.41 Å². The van der Waals surface area contributed by atoms with Gasteiger partial charge in [-0.1, -0.05) is 23.4 Å². The Balaban J connectivity index is 0.838. The number of thiophene rings is 2. The van der Waals surface area contributed by atoms with Gasteiger partial charge in [0.1, 0.15) is 5.52 Å². The molecule has 47 heavy (non-hydrogen) atoms. The van der Waals surface area contributed by atoms with Crippen LogP contribution in [0.25, 0.3) is 11.0 Å². The SMILES string of the molecule is CN(CCCn1nnc2cc(C3OCCO3)ccc21)C(=O)CCN1CCC2(CC1)CC(OC(C(=O)O)(c1cccs1)c1cccs1)C2. The topological polar surface area (TPSA) is 119 Å². The van der Waals surface area contributed by atoms with E-state index in [4.69, 9.17) is 14.2 Å². The van der Waals surface area contributed by atoms with Gasteiger partial charge < -0.3 is 29.1 Å². The summed E-state index contributed by atoms with van der Waals surface area (Å²) < 4.78 is 19.6. The maximum absolute atomic E-state index is 13.0. The van der Waals surface area contributed by atoms with Crippen LogP contribution in [0.15, 0.2) is 53.2 Å². The van der Waals surface area contributed by atoms with Crippen molar-refractivity contribution in [1.82, 2.24) is 24.8 Å². The van der Waals surface area contributed by atoms with E-state index >= 15 is 0 Å². The number of fused-ring (bicyclic) bond motifs is 1. The summed E-state index contributed by atoms with van der Waals surface area (Å²) in [4.78, 5) is 31.3. The van der Waals surface area contributed by atoms with Crippen molar-refractivity contribution in [3.05, 3.63) is 68.5 Å². The lowest BCUT2D eigenvalue weighted by Gasteiger charge is -2.53. The zero-order valence-electron chi connectivity index (χ0n) is 26.6. The van der Waals surface area contributed by atoms with Crippen LogP contribution >= 0.6 is 22.7 Å². The molecule has 2 saturated heterocycles. The molecule has 1 aromatic carbocycles. The summed E-state index contributed by atoms with van der Waals surface area (Å²) in [7, 11) is 1.87. The number of aromatic nitrogens is 3. The maximum Gasteiger partial charge on any atom is 0.347 e. The van der Waals surface area contributed by atoms with Crippen LogP contribution in [0.4, 0.5) is 0 Å². The minimum absolute atomic E-state index is 0.0915. The van der Waals surface area contributed by atoms with Gasteiger partial charge >= 0.3 is 5.97 Å². The van der Waals surface area contributed by atoms with Gasteiger partial charge in [0, 0.05) is 38.7 Å². The van der Waals surface area contributed by atoms with Gasteiger partial charge in [0.15, 0.2) is 6.29 Å². The third-order valence-corrected chi connectivity index (χ3v) is 11.9. The number of carboxylic acid groups (broad SMARTS) is 1. The highest BCUT2D eigenvalue weighted by molar-refractivity contribution is 7.12. The average Bonchev–Trinajstić information content (AvgIpc) is 3.90. The summed E-state index contributed by atoms with van der Waals surface area (Å²) in [5, 5.41) is 22.9. The molecule has 7 rings (SSSR count). The number of rotatable bonds is 13. The van der Waals surface area contributed by atoms with E-state index in [1.54, 1.807) is 0 Å². The largest absolute Gasteiger partial charge is 0.479 e. The molecule has 0 bridgehead atoms. The van der Waals surface area contributed by atoms with Crippen LogP contribution in [0, 0.1) is 5.41 Å². The van der Waals surface area contributed by atoms with Crippen LogP contribution in [-0.2, 0) is 35.9 Å². The van der Waals surface area contributed by atoms with E-state index in [2.05, 4.69) is 15.2 Å². The number of piperidine rings is 1. The number of hydrogen-bond donors (Lipinski definition) is 1. The number of amides is 1. The van der Waals surface area contributed by atoms with E-state index in [0.717, 1.165) is 68.3 Å². The van der Waals surface area contributed by atoms with Gasteiger partial charge in [-0.25, -0.2) is 9.48 Å². The zero-order chi connectivity index (χ0) is 32.4. The van der Waals surface area contributed by atoms with Crippen molar-refractivity contribution in [3.63, 3.8) is 0 Å². The number of nitrogens with zero attached hydrogens (tertiary/aromatic N) is 5. The fourth-order valence-electron chi connectivity index (χ4n) is 7.23. The highest BCUT2D eigenvalue weighted by atomic mass is 32.1. The Labute approximate surface area is 282 Å². The number of aryl methyl sites for hydroxylation is 1. The minimum atomic E-state index is -1.45. The molecule has 3 aliphatic rings. The first kappa shape index (κ1) is 32.4. The molecular weight excluding hydrogens is 639 g/mol. The van der Waals surface area contributed by atoms with Crippen molar-refractivity contribution in [2.45, 2.75) is 63.1 Å². The Morgan fingerprint density at radius 1 is 1.06 bits per heavy atom. The summed E-state index contributed by atoms with van der Waals surface area (Å²) in [6.45, 7) is 5.18. The van der Waals surface area contributed by atoms with E-state index < -0.39 is 11.6 Å². The lowest BCUT2D eigenvalue weighted by molar-refractivity contribution is -0.190. The second-order valence-corrected chi connectivity index (χ2v) is 14.9. The van der Waals surface area contributed by atoms with Crippen LogP contribution in [0.5, 0.6) is 0 Å². The lowest BCUT2D eigenvalue weighted by atomic mass is 9.61. The molecule has 250 valence electrons. The standard InChI is InChI=1S/C34H41N5O6S2/c1-37(12-4-13-39-27-8-7-24(21-26(27)35-36-39)31-43-17-18-44-31)30(40)9-14-38-15-10-33(11-16-38)22-25(23-33)45-34(32(41)42,28-5-2-19-46-28)29-6-3-20-47-29/h2-3,5-8,19-21,25,31H,4,9-18,22-23H2,1H3,(H,41,42). The first-order valence-corrected chi connectivity index (χ1v) is 18.1. The number of hydrogen-bond acceptors (Lipinski definition) is 10. The fraction of sp³-hybridized carbons (Fsp3) is 0.529. The van der Waals surface area contributed by atoms with Crippen LogP contribution < -0.4 is 0 Å². The summed E-state index contributed by atoms with van der Waals surface area (Å²) in [6.07, 6.45) is 4.70. The Hall–Kier alpha value is -3.20. The first-order valence-electron chi connectivity index (χ1n) is 16.4. The zero-order valence-corrected chi connectivity index (χ0v) is 28.2. The fourth-order valence-corrected chi connectivity index (χ4v) is 9.04. The Morgan fingerprint density at radius 2 is 1.77 bits per heavy atom. The van der Waals surface area contributed by atoms with Crippen molar-refractivity contribution in [1.29, 1.82) is 0 Å². The second kappa shape index (κ2) is 13.7. The van der Waals surface area contributed by atoms with Gasteiger partial charge in [0.2, 0.25) is 11.5 Å². The Morgan fingerprint density at radius 3 is 2.40 bits per heavy atom. The number of carbonyl (C=O) groups excluding carboxylic acids is 1. The number of ether oxygens (including phenoxy) is 3. The number of aliphatic carboxylic acids is 1. The van der Waals surface area contributed by atoms with Gasteiger partial charge in [-0.2, -0.15) is 0 Å². The maximum atomic E-state index is 13.0. The predicted molar refractivity (Wildman–Crippen MR) is 178 cm³/mol. The third-order valence-electron chi connectivity index (χ3n) is 9.98. The molecule has 5 heterocycles. The Kier molecular flexibility index (Phi) is 9.45. The van der Waals surface area contributed by atoms with Gasteiger partial charge in [-0.3, -0.25) is 4.79 Å². The monoisotopic (exact) mass is 679 g/mol. The van der Waals surface area contributed by atoms with E-state index in [-0.39, 0.29) is 23.7 Å². The van der Waals surface area contributed by atoms with Crippen molar-refractivity contribution in [2.75, 3.05) is 46.4 Å². The molecule has 0 radical (unpaired) electrons. The average molecular weight is 680 g/mol. The van der Waals surface area contributed by atoms with E-state index in [0.29, 0.717) is 42.5 Å². The number of likely N-dealkylation sites (tertiary alicyclic amines) is 1. The van der Waals surface area contributed by atoms with Crippen molar-refractivity contribution >= 4 is 45.6 Å². The van der Waals surface area contributed by atoms with E-state index in [1.165, 1.54) is 22.7 Å². The van der Waals surface area contributed by atoms with Crippen LogP contribution in [0.3, 0.4) is 0 Å². The molecule has 1 spiro atoms. The lowest BCUT2D eigenvalue weighted by Crippen LogP contribution is -2.53. The summed E-state index contributed by atoms with van der Waals surface area (Å²) in [5.41, 5.74) is 1.46. The molecule has 1 N–H and O–H groups in total. The van der Waals surface area contributed by atoms with Crippen LogP contribution in [0.2, 0.25) is 0 Å². The van der Waals surface area contributed by atoms with E-state index in [1.807, 2.05) is 69.9 Å². The molecule has 1 saturated carbocycles. The van der Waals surface area contributed by atoms with E-state index in [9.17, 15) is 14.7 Å². The molecule has 3 fully saturated rings. The van der Waals surface area contributed by atoms with Gasteiger partial charge in [-0.05, 0) is 85.6 Å². The van der Waals surface area contributed by atoms with Crippen molar-refractivity contribution in [3.8, 4) is 0 Å². The van der Waals surface area contributed by atoms with Gasteiger partial charge in [-0.15, -0.1) is 27.8 Å². The molecular formula is C34H41N5O6S2. The molecule has 0 unspecified atom stereocenters. The second-order valence-electron chi connectivity index (χ2n) is 13.0. The molecule has 2 aliphatic heterocycles. The highest BCUT2D eigenvalue weighted by Gasteiger charge is 2.53. The van der Waals surface area contributed by atoms with Gasteiger partial charge in [0.25, 0.3) is 0 Å². The summed E-state index contributed by atoms with van der Waals surface area (Å²) in [5.74, 6) is -0.807. The predicted octanol–water partition coefficient (Wildman–Crippen LogP) is 5.13. The smallest absolute Gasteiger partial charge is 0.347 e. The number of carboxylic acids is 1. The highest BCUT2D eigenvalue weighted by Crippen LogP contribution is 2.53.